The molecule has 0 aliphatic carbocycles. The van der Waals surface area contributed by atoms with Crippen LogP contribution in [0.4, 0.5) is 0 Å². The maximum absolute atomic E-state index is 11.6. The van der Waals surface area contributed by atoms with Crippen molar-refractivity contribution in [3.05, 3.63) is 39.8 Å². The van der Waals surface area contributed by atoms with Crippen LogP contribution in [0, 0.1) is 5.39 Å². The van der Waals surface area contributed by atoms with Crippen LogP contribution in [0.2, 0.25) is 0 Å². The molecule has 0 radical (unpaired) electrons. The molecule has 1 heterocycles. The average molecular weight is 209 g/mol. The summed E-state index contributed by atoms with van der Waals surface area (Å²) in [6.45, 7) is 0. The fourth-order valence-corrected chi connectivity index (χ4v) is 2.74. The number of rotatable bonds is 0. The first kappa shape index (κ1) is 8.72. The van der Waals surface area contributed by atoms with Crippen molar-refractivity contribution in [2.24, 2.45) is 0 Å². The zero-order valence-electron chi connectivity index (χ0n) is 6.88. The van der Waals surface area contributed by atoms with Gasteiger partial charge < -0.3 is 5.11 Å². The molecular formula is C8H5N2O3S+. The molecule has 5 nitrogen and oxygen atoms in total. The molecule has 0 unspecified atom stereocenters. The van der Waals surface area contributed by atoms with Gasteiger partial charge in [-0.15, -0.1) is 0 Å². The van der Waals surface area contributed by atoms with E-state index in [0.29, 0.717) is 0 Å². The quantitative estimate of drug-likeness (QED) is 0.656. The Kier molecular flexibility index (Phi) is 1.59. The van der Waals surface area contributed by atoms with E-state index in [-0.39, 0.29) is 10.5 Å². The van der Waals surface area contributed by atoms with Gasteiger partial charge in [-0.2, -0.15) is 0 Å². The summed E-state index contributed by atoms with van der Waals surface area (Å²) in [7, 11) is -3.83. The topological polar surface area (TPSA) is 82.5 Å². The number of nitrogens with zero attached hydrogens (tertiary/aromatic N) is 2. The first-order valence-corrected chi connectivity index (χ1v) is 5.20. The van der Waals surface area contributed by atoms with Gasteiger partial charge in [-0.1, -0.05) is 12.1 Å². The maximum atomic E-state index is 11.6. The van der Waals surface area contributed by atoms with Gasteiger partial charge in [0, 0.05) is 5.56 Å². The zero-order chi connectivity index (χ0) is 10.3. The molecule has 0 spiro atoms. The minimum absolute atomic E-state index is 0.0368. The lowest BCUT2D eigenvalue weighted by molar-refractivity contribution is 0.510. The molecule has 0 bridgehead atoms. The molecule has 1 aromatic carbocycles. The predicted octanol–water partition coefficient (Wildman–Crippen LogP) is 1.51. The minimum Gasteiger partial charge on any atom is -0.500 e. The Morgan fingerprint density at radius 1 is 1.29 bits per heavy atom. The van der Waals surface area contributed by atoms with Crippen molar-refractivity contribution in [3.63, 3.8) is 0 Å². The summed E-state index contributed by atoms with van der Waals surface area (Å²) >= 11 is 0. The first-order valence-electron chi connectivity index (χ1n) is 3.72. The van der Waals surface area contributed by atoms with Crippen LogP contribution in [0.25, 0.3) is 10.7 Å². The Morgan fingerprint density at radius 2 is 1.93 bits per heavy atom. The standard InChI is InChI=1S/C8H4N2O3S/c9-10-8-7(11)5-3-1-2-4-6(5)14(8,12)13/h1-4H/p+1. The number of sulfone groups is 1. The third-order valence-electron chi connectivity index (χ3n) is 1.98. The molecule has 70 valence electrons. The van der Waals surface area contributed by atoms with Crippen molar-refractivity contribution in [2.75, 3.05) is 0 Å². The van der Waals surface area contributed by atoms with Gasteiger partial charge in [-0.3, -0.25) is 0 Å². The van der Waals surface area contributed by atoms with Crippen molar-refractivity contribution >= 4 is 15.6 Å². The van der Waals surface area contributed by atoms with Crippen molar-refractivity contribution in [3.8, 4) is 0 Å². The average Bonchev–Trinajstić information content (AvgIpc) is 2.36. The van der Waals surface area contributed by atoms with Gasteiger partial charge in [0.15, 0.2) is 4.98 Å². The van der Waals surface area contributed by atoms with Crippen LogP contribution >= 0.6 is 0 Å². The zero-order valence-corrected chi connectivity index (χ0v) is 7.69. The third-order valence-corrected chi connectivity index (χ3v) is 3.70. The smallest absolute Gasteiger partial charge is 0.500 e. The van der Waals surface area contributed by atoms with E-state index in [1.165, 1.54) is 18.2 Å². The summed E-state index contributed by atoms with van der Waals surface area (Å²) < 4.78 is 23.1. The van der Waals surface area contributed by atoms with Crippen LogP contribution in [0.3, 0.4) is 0 Å². The van der Waals surface area contributed by atoms with E-state index in [0.717, 1.165) is 0 Å². The largest absolute Gasteiger partial charge is 0.520 e. The van der Waals surface area contributed by atoms with Crippen molar-refractivity contribution in [2.45, 2.75) is 4.90 Å². The molecule has 6 heteroatoms. The van der Waals surface area contributed by atoms with Gasteiger partial charge in [0.1, 0.15) is 0 Å². The summed E-state index contributed by atoms with van der Waals surface area (Å²) in [6, 6.07) is 5.91. The molecule has 1 aromatic rings. The van der Waals surface area contributed by atoms with Gasteiger partial charge in [0.05, 0.1) is 4.90 Å². The Hall–Kier alpha value is -1.87. The molecule has 0 saturated carbocycles. The molecule has 0 fully saturated rings. The number of fused-ring (bicyclic) bond motifs is 1. The molecule has 1 aliphatic rings. The molecule has 1 aliphatic heterocycles. The predicted molar refractivity (Wildman–Crippen MR) is 48.3 cm³/mol. The van der Waals surface area contributed by atoms with E-state index in [9.17, 15) is 13.5 Å². The fourth-order valence-electron chi connectivity index (χ4n) is 1.34. The molecule has 0 aromatic heterocycles. The Balaban J connectivity index is 2.91. The van der Waals surface area contributed by atoms with Crippen LogP contribution < -0.4 is 0 Å². The van der Waals surface area contributed by atoms with Crippen LogP contribution in [0.5, 0.6) is 0 Å². The number of benzene rings is 1. The number of hydrogen-bond acceptors (Lipinski definition) is 4. The van der Waals surface area contributed by atoms with Crippen molar-refractivity contribution in [1.29, 1.82) is 5.39 Å². The Labute approximate surface area is 79.8 Å². The molecule has 2 rings (SSSR count). The van der Waals surface area contributed by atoms with Crippen LogP contribution in [0.1, 0.15) is 5.56 Å². The molecule has 14 heavy (non-hydrogen) atoms. The number of aliphatic hydroxyl groups excluding tert-OH is 1. The monoisotopic (exact) mass is 209 g/mol. The minimum atomic E-state index is -3.83. The van der Waals surface area contributed by atoms with Gasteiger partial charge in [-0.05, 0) is 12.1 Å². The van der Waals surface area contributed by atoms with Gasteiger partial charge >= 0.3 is 5.03 Å². The molecular weight excluding hydrogens is 204 g/mol. The molecule has 0 saturated heterocycles. The summed E-state index contributed by atoms with van der Waals surface area (Å²) in [5.74, 6) is -0.511. The van der Waals surface area contributed by atoms with E-state index in [2.05, 4.69) is 4.98 Å². The van der Waals surface area contributed by atoms with Gasteiger partial charge in [0.2, 0.25) is 11.2 Å². The van der Waals surface area contributed by atoms with E-state index < -0.39 is 20.6 Å². The normalized spacial score (nSPS) is 17.6. The molecule has 1 N–H and O–H groups in total. The number of hydrogen-bond donors (Lipinski definition) is 1. The highest BCUT2D eigenvalue weighted by molar-refractivity contribution is 7.96. The Morgan fingerprint density at radius 3 is 2.50 bits per heavy atom. The van der Waals surface area contributed by atoms with Crippen molar-refractivity contribution < 1.29 is 13.5 Å². The van der Waals surface area contributed by atoms with E-state index in [1.54, 1.807) is 6.07 Å². The Bertz CT molecular complexity index is 581. The lowest BCUT2D eigenvalue weighted by Gasteiger charge is -1.93. The van der Waals surface area contributed by atoms with E-state index >= 15 is 0 Å². The third kappa shape index (κ3) is 0.871. The number of aliphatic hydroxyl groups is 1. The fraction of sp³-hybridized carbons (Fsp3) is 0. The first-order chi connectivity index (χ1) is 6.59. The number of diazo groups is 1. The second-order valence-corrected chi connectivity index (χ2v) is 4.59. The summed E-state index contributed by atoms with van der Waals surface area (Å²) in [5, 5.41) is 17.2. The van der Waals surface area contributed by atoms with Crippen LogP contribution in [0.15, 0.2) is 34.2 Å². The summed E-state index contributed by atoms with van der Waals surface area (Å²) in [5.41, 5.74) is 0.167. The summed E-state index contributed by atoms with van der Waals surface area (Å²) in [4.78, 5) is 2.54. The van der Waals surface area contributed by atoms with Gasteiger partial charge in [0.25, 0.3) is 9.84 Å². The molecule has 0 atom stereocenters. The summed E-state index contributed by atoms with van der Waals surface area (Å²) in [6.07, 6.45) is 0. The maximum Gasteiger partial charge on any atom is 0.520 e. The second-order valence-electron chi connectivity index (χ2n) is 2.75. The van der Waals surface area contributed by atoms with E-state index in [4.69, 9.17) is 5.39 Å². The highest BCUT2D eigenvalue weighted by atomic mass is 32.2. The lowest BCUT2D eigenvalue weighted by atomic mass is 10.2. The van der Waals surface area contributed by atoms with Gasteiger partial charge in [-0.25, -0.2) is 8.42 Å². The highest BCUT2D eigenvalue weighted by Gasteiger charge is 2.46. The van der Waals surface area contributed by atoms with Crippen LogP contribution in [-0.4, -0.2) is 13.5 Å². The second kappa shape index (κ2) is 2.56. The SMILES string of the molecule is N#[N+]C1=C(O)c2ccccc2S1(=O)=O. The highest BCUT2D eigenvalue weighted by Crippen LogP contribution is 2.37. The lowest BCUT2D eigenvalue weighted by Crippen LogP contribution is -1.97. The molecule has 0 amide bonds. The van der Waals surface area contributed by atoms with Crippen molar-refractivity contribution in [1.82, 2.24) is 0 Å². The van der Waals surface area contributed by atoms with E-state index in [1.807, 2.05) is 0 Å². The van der Waals surface area contributed by atoms with Crippen LogP contribution in [-0.2, 0) is 9.84 Å².